The second kappa shape index (κ2) is 2.25. The van der Waals surface area contributed by atoms with E-state index in [9.17, 15) is 0 Å². The first-order valence-electron chi connectivity index (χ1n) is 2.16. The van der Waals surface area contributed by atoms with Gasteiger partial charge in [0.2, 0.25) is 0 Å². The SMILES string of the molecule is [SeH]CCC1CS1. The molecule has 0 aromatic heterocycles. The van der Waals surface area contributed by atoms with Gasteiger partial charge in [-0.2, -0.15) is 0 Å². The zero-order chi connectivity index (χ0) is 4.41. The van der Waals surface area contributed by atoms with Gasteiger partial charge in [-0.1, -0.05) is 0 Å². The van der Waals surface area contributed by atoms with Crippen LogP contribution in [-0.2, 0) is 0 Å². The summed E-state index contributed by atoms with van der Waals surface area (Å²) < 4.78 is 0. The van der Waals surface area contributed by atoms with E-state index in [1.54, 1.807) is 0 Å². The van der Waals surface area contributed by atoms with E-state index in [1.165, 1.54) is 17.5 Å². The Labute approximate surface area is 50.9 Å². The summed E-state index contributed by atoms with van der Waals surface area (Å²) in [7, 11) is 0. The van der Waals surface area contributed by atoms with Crippen molar-refractivity contribution in [1.82, 2.24) is 0 Å². The fraction of sp³-hybridized carbons (Fsp3) is 1.00. The monoisotopic (exact) mass is 168 g/mol. The van der Waals surface area contributed by atoms with E-state index in [4.69, 9.17) is 0 Å². The predicted molar refractivity (Wildman–Crippen MR) is 32.8 cm³/mol. The van der Waals surface area contributed by atoms with Crippen molar-refractivity contribution in [1.29, 1.82) is 0 Å². The van der Waals surface area contributed by atoms with Gasteiger partial charge < -0.3 is 0 Å². The maximum atomic E-state index is 2.62. The summed E-state index contributed by atoms with van der Waals surface area (Å²) >= 11 is 4.71. The van der Waals surface area contributed by atoms with E-state index in [0.717, 1.165) is 5.25 Å². The van der Waals surface area contributed by atoms with Gasteiger partial charge in [0, 0.05) is 0 Å². The molecular weight excluding hydrogens is 159 g/mol. The maximum absolute atomic E-state index is 2.62. The molecule has 0 nitrogen and oxygen atoms in total. The second-order valence-electron chi connectivity index (χ2n) is 1.47. The second-order valence-corrected chi connectivity index (χ2v) is 3.74. The van der Waals surface area contributed by atoms with E-state index in [2.05, 4.69) is 27.8 Å². The van der Waals surface area contributed by atoms with Crippen LogP contribution >= 0.6 is 11.8 Å². The first-order valence-corrected chi connectivity index (χ1v) is 4.53. The summed E-state index contributed by atoms with van der Waals surface area (Å²) in [6.07, 6.45) is 1.42. The third-order valence-electron chi connectivity index (χ3n) is 0.853. The Morgan fingerprint density at radius 1 is 1.83 bits per heavy atom. The van der Waals surface area contributed by atoms with Gasteiger partial charge in [0.15, 0.2) is 0 Å². The molecule has 0 aromatic carbocycles. The number of thioether (sulfide) groups is 1. The molecule has 0 bridgehead atoms. The van der Waals surface area contributed by atoms with Crippen molar-refractivity contribution in [2.75, 3.05) is 5.75 Å². The van der Waals surface area contributed by atoms with Crippen LogP contribution in [0.15, 0.2) is 0 Å². The molecule has 6 heavy (non-hydrogen) atoms. The van der Waals surface area contributed by atoms with Crippen molar-refractivity contribution in [3.8, 4) is 0 Å². The van der Waals surface area contributed by atoms with Crippen molar-refractivity contribution in [3.05, 3.63) is 0 Å². The zero-order valence-corrected chi connectivity index (χ0v) is 6.25. The van der Waals surface area contributed by atoms with Gasteiger partial charge in [0.05, 0.1) is 0 Å². The van der Waals surface area contributed by atoms with E-state index < -0.39 is 0 Å². The number of hydrogen-bond donors (Lipinski definition) is 0. The molecule has 1 fully saturated rings. The average molecular weight is 167 g/mol. The van der Waals surface area contributed by atoms with Crippen molar-refractivity contribution in [3.63, 3.8) is 0 Å². The first-order chi connectivity index (χ1) is 2.93. The Kier molecular flexibility index (Phi) is 1.88. The summed E-state index contributed by atoms with van der Waals surface area (Å²) in [5.74, 6) is 1.43. The summed E-state index contributed by atoms with van der Waals surface area (Å²) in [6.45, 7) is 0. The summed E-state index contributed by atoms with van der Waals surface area (Å²) in [5, 5.41) is 2.36. The molecule has 0 saturated carbocycles. The van der Waals surface area contributed by atoms with Gasteiger partial charge in [-0.05, 0) is 0 Å². The zero-order valence-electron chi connectivity index (χ0n) is 3.55. The van der Waals surface area contributed by atoms with Gasteiger partial charge in [-0.25, -0.2) is 0 Å². The molecule has 0 spiro atoms. The topological polar surface area (TPSA) is 0 Å². The fourth-order valence-electron chi connectivity index (χ4n) is 0.379. The van der Waals surface area contributed by atoms with Crippen molar-refractivity contribution in [2.24, 2.45) is 0 Å². The third-order valence-corrected chi connectivity index (χ3v) is 2.44. The van der Waals surface area contributed by atoms with E-state index >= 15 is 0 Å². The first kappa shape index (κ1) is 5.02. The molecule has 1 saturated heterocycles. The standard InChI is InChI=1S/C4H8SSe/c6-2-1-4-3-5-4/h4,6H,1-3H2. The molecule has 1 atom stereocenters. The van der Waals surface area contributed by atoms with Crippen LogP contribution in [0.5, 0.6) is 0 Å². The molecule has 2 heteroatoms. The molecule has 1 aliphatic rings. The molecule has 0 aliphatic carbocycles. The van der Waals surface area contributed by atoms with Crippen LogP contribution in [0.2, 0.25) is 5.32 Å². The van der Waals surface area contributed by atoms with E-state index in [1.807, 2.05) is 0 Å². The number of rotatable bonds is 2. The van der Waals surface area contributed by atoms with Gasteiger partial charge in [0.25, 0.3) is 0 Å². The average Bonchev–Trinajstić information content (AvgIpc) is 2.21. The summed E-state index contributed by atoms with van der Waals surface area (Å²) in [5.41, 5.74) is 0. The molecule has 1 unspecified atom stereocenters. The molecular formula is C4H8SSe. The minimum atomic E-state index is 1.05. The minimum absolute atomic E-state index is 1.05. The Balaban J connectivity index is 1.88. The van der Waals surface area contributed by atoms with Crippen molar-refractivity contribution >= 4 is 27.8 Å². The normalized spacial score (nSPS) is 30.5. The van der Waals surface area contributed by atoms with Gasteiger partial charge in [0.1, 0.15) is 0 Å². The predicted octanol–water partition coefficient (Wildman–Crippen LogP) is 0.811. The molecule has 0 N–H and O–H groups in total. The van der Waals surface area contributed by atoms with Crippen LogP contribution in [0.1, 0.15) is 6.42 Å². The molecule has 1 aliphatic heterocycles. The van der Waals surface area contributed by atoms with E-state index in [0.29, 0.717) is 0 Å². The van der Waals surface area contributed by atoms with Crippen LogP contribution in [0.4, 0.5) is 0 Å². The third kappa shape index (κ3) is 1.55. The summed E-state index contributed by atoms with van der Waals surface area (Å²) in [6, 6.07) is 0. The molecule has 1 heterocycles. The summed E-state index contributed by atoms with van der Waals surface area (Å²) in [4.78, 5) is 0. The molecule has 0 radical (unpaired) electrons. The Bertz CT molecular complexity index is 42.8. The van der Waals surface area contributed by atoms with Crippen molar-refractivity contribution in [2.45, 2.75) is 17.0 Å². The van der Waals surface area contributed by atoms with Gasteiger partial charge in [-0.3, -0.25) is 0 Å². The van der Waals surface area contributed by atoms with Crippen LogP contribution in [0, 0.1) is 0 Å². The van der Waals surface area contributed by atoms with Gasteiger partial charge >= 0.3 is 50.5 Å². The molecule has 0 amide bonds. The van der Waals surface area contributed by atoms with Crippen LogP contribution < -0.4 is 0 Å². The Hall–Kier alpha value is 0.869. The quantitative estimate of drug-likeness (QED) is 0.433. The Morgan fingerprint density at radius 2 is 2.50 bits per heavy atom. The molecule has 1 rings (SSSR count). The van der Waals surface area contributed by atoms with Crippen molar-refractivity contribution < 1.29 is 0 Å². The Morgan fingerprint density at radius 3 is 2.67 bits per heavy atom. The molecule has 0 aromatic rings. The van der Waals surface area contributed by atoms with Crippen LogP contribution in [-0.4, -0.2) is 27.0 Å². The van der Waals surface area contributed by atoms with Gasteiger partial charge in [-0.15, -0.1) is 0 Å². The molecule has 36 valence electrons. The van der Waals surface area contributed by atoms with Crippen LogP contribution in [0.3, 0.4) is 0 Å². The number of hydrogen-bond acceptors (Lipinski definition) is 1. The fourth-order valence-corrected chi connectivity index (χ4v) is 2.00. The van der Waals surface area contributed by atoms with E-state index in [-0.39, 0.29) is 0 Å². The van der Waals surface area contributed by atoms with Crippen LogP contribution in [0.25, 0.3) is 0 Å².